The van der Waals surface area contributed by atoms with Crippen molar-refractivity contribution >= 4 is 21.5 Å². The molecule has 0 spiro atoms. The van der Waals surface area contributed by atoms with Crippen molar-refractivity contribution in [1.29, 1.82) is 0 Å². The van der Waals surface area contributed by atoms with Crippen LogP contribution in [-0.2, 0) is 10.1 Å². The van der Waals surface area contributed by atoms with E-state index in [1.165, 1.54) is 0 Å². The SMILES string of the molecule is Nc1c(OCCCS(=O)(=O)O)ccc(-c2ccccc2)c1N. The Kier molecular flexibility index (Phi) is 4.89. The van der Waals surface area contributed by atoms with Gasteiger partial charge in [0.15, 0.2) is 0 Å². The highest BCUT2D eigenvalue weighted by Gasteiger charge is 2.11. The molecule has 0 radical (unpaired) electrons. The molecule has 0 fully saturated rings. The van der Waals surface area contributed by atoms with Crippen LogP contribution in [0.15, 0.2) is 42.5 Å². The van der Waals surface area contributed by atoms with Crippen LogP contribution in [0.1, 0.15) is 6.42 Å². The van der Waals surface area contributed by atoms with Gasteiger partial charge in [-0.25, -0.2) is 0 Å². The van der Waals surface area contributed by atoms with E-state index in [2.05, 4.69) is 0 Å². The molecule has 2 aromatic rings. The summed E-state index contributed by atoms with van der Waals surface area (Å²) >= 11 is 0. The normalized spacial score (nSPS) is 11.3. The maximum absolute atomic E-state index is 10.6. The zero-order valence-corrected chi connectivity index (χ0v) is 12.7. The largest absolute Gasteiger partial charge is 0.491 e. The molecule has 22 heavy (non-hydrogen) atoms. The minimum absolute atomic E-state index is 0.119. The summed E-state index contributed by atoms with van der Waals surface area (Å²) in [6.07, 6.45) is 0.165. The number of ether oxygens (including phenoxy) is 1. The summed E-state index contributed by atoms with van der Waals surface area (Å²) < 4.78 is 35.3. The summed E-state index contributed by atoms with van der Waals surface area (Å²) in [6, 6.07) is 13.1. The van der Waals surface area contributed by atoms with Crippen molar-refractivity contribution < 1.29 is 17.7 Å². The van der Waals surface area contributed by atoms with Gasteiger partial charge in [0, 0.05) is 5.56 Å². The van der Waals surface area contributed by atoms with Crippen LogP contribution in [0.3, 0.4) is 0 Å². The van der Waals surface area contributed by atoms with Crippen LogP contribution in [0.5, 0.6) is 5.75 Å². The van der Waals surface area contributed by atoms with Gasteiger partial charge < -0.3 is 16.2 Å². The third-order valence-electron chi connectivity index (χ3n) is 3.14. The summed E-state index contributed by atoms with van der Waals surface area (Å²) in [4.78, 5) is 0. The molecule has 6 nitrogen and oxygen atoms in total. The average Bonchev–Trinajstić information content (AvgIpc) is 2.48. The predicted octanol–water partition coefficient (Wildman–Crippen LogP) is 2.17. The van der Waals surface area contributed by atoms with Crippen LogP contribution < -0.4 is 16.2 Å². The quantitative estimate of drug-likeness (QED) is 0.426. The van der Waals surface area contributed by atoms with Crippen molar-refractivity contribution in [3.05, 3.63) is 42.5 Å². The van der Waals surface area contributed by atoms with Crippen molar-refractivity contribution in [1.82, 2.24) is 0 Å². The molecule has 0 bridgehead atoms. The summed E-state index contributed by atoms with van der Waals surface area (Å²) in [5.41, 5.74) is 14.5. The Morgan fingerprint density at radius 3 is 2.32 bits per heavy atom. The van der Waals surface area contributed by atoms with E-state index in [-0.39, 0.29) is 18.8 Å². The first-order valence-electron chi connectivity index (χ1n) is 6.70. The van der Waals surface area contributed by atoms with Crippen molar-refractivity contribution in [2.45, 2.75) is 6.42 Å². The molecule has 2 rings (SSSR count). The second kappa shape index (κ2) is 6.67. The van der Waals surface area contributed by atoms with Gasteiger partial charge in [-0.2, -0.15) is 8.42 Å². The minimum Gasteiger partial charge on any atom is -0.491 e. The molecule has 0 amide bonds. The van der Waals surface area contributed by atoms with Gasteiger partial charge >= 0.3 is 0 Å². The van der Waals surface area contributed by atoms with E-state index in [9.17, 15) is 8.42 Å². The van der Waals surface area contributed by atoms with Crippen molar-refractivity contribution in [2.24, 2.45) is 0 Å². The Labute approximate surface area is 129 Å². The third-order valence-corrected chi connectivity index (χ3v) is 3.94. The number of rotatable bonds is 6. The van der Waals surface area contributed by atoms with Gasteiger partial charge in [0.25, 0.3) is 10.1 Å². The zero-order valence-electron chi connectivity index (χ0n) is 11.9. The Hall–Kier alpha value is -2.25. The molecule has 118 valence electrons. The van der Waals surface area contributed by atoms with Gasteiger partial charge in [-0.3, -0.25) is 4.55 Å². The van der Waals surface area contributed by atoms with Crippen LogP contribution >= 0.6 is 0 Å². The van der Waals surface area contributed by atoms with Gasteiger partial charge in [0.2, 0.25) is 0 Å². The van der Waals surface area contributed by atoms with Gasteiger partial charge in [-0.1, -0.05) is 30.3 Å². The number of benzene rings is 2. The predicted molar refractivity (Wildman–Crippen MR) is 87.2 cm³/mol. The fourth-order valence-corrected chi connectivity index (χ4v) is 2.52. The lowest BCUT2D eigenvalue weighted by Crippen LogP contribution is -2.09. The van der Waals surface area contributed by atoms with Gasteiger partial charge in [-0.15, -0.1) is 0 Å². The van der Waals surface area contributed by atoms with E-state index < -0.39 is 10.1 Å². The van der Waals surface area contributed by atoms with E-state index in [0.29, 0.717) is 17.1 Å². The lowest BCUT2D eigenvalue weighted by molar-refractivity contribution is 0.318. The first kappa shape index (κ1) is 16.1. The molecular formula is C15H18N2O4S. The third kappa shape index (κ3) is 4.12. The second-order valence-corrected chi connectivity index (χ2v) is 6.36. The highest BCUT2D eigenvalue weighted by atomic mass is 32.2. The van der Waals surface area contributed by atoms with Crippen molar-refractivity contribution in [3.63, 3.8) is 0 Å². The van der Waals surface area contributed by atoms with Crippen molar-refractivity contribution in [2.75, 3.05) is 23.8 Å². The first-order chi connectivity index (χ1) is 10.4. The number of nitrogen functional groups attached to an aromatic ring is 2. The van der Waals surface area contributed by atoms with E-state index in [0.717, 1.165) is 11.1 Å². The summed E-state index contributed by atoms with van der Waals surface area (Å²) in [7, 11) is -3.98. The number of anilines is 2. The number of hydrogen-bond donors (Lipinski definition) is 3. The molecule has 0 atom stereocenters. The molecule has 2 aromatic carbocycles. The molecule has 7 heteroatoms. The maximum atomic E-state index is 10.6. The Morgan fingerprint density at radius 1 is 1.00 bits per heavy atom. The molecular weight excluding hydrogens is 304 g/mol. The van der Waals surface area contributed by atoms with E-state index in [1.54, 1.807) is 12.1 Å². The maximum Gasteiger partial charge on any atom is 0.264 e. The first-order valence-corrected chi connectivity index (χ1v) is 8.31. The Balaban J connectivity index is 2.11. The van der Waals surface area contributed by atoms with E-state index in [4.69, 9.17) is 20.8 Å². The van der Waals surface area contributed by atoms with Gasteiger partial charge in [0.05, 0.1) is 23.7 Å². The Morgan fingerprint density at radius 2 is 1.68 bits per heavy atom. The lowest BCUT2D eigenvalue weighted by atomic mass is 10.0. The molecule has 0 heterocycles. The smallest absolute Gasteiger partial charge is 0.264 e. The standard InChI is InChI=1S/C15H18N2O4S/c16-14-12(11-5-2-1-3-6-11)7-8-13(15(14)17)21-9-4-10-22(18,19)20/h1-3,5-8H,4,9-10,16-17H2,(H,18,19,20). The number of hydrogen-bond acceptors (Lipinski definition) is 5. The molecule has 0 unspecified atom stereocenters. The second-order valence-electron chi connectivity index (χ2n) is 4.79. The van der Waals surface area contributed by atoms with Crippen molar-refractivity contribution in [3.8, 4) is 16.9 Å². The minimum atomic E-state index is -3.98. The van der Waals surface area contributed by atoms with E-state index >= 15 is 0 Å². The summed E-state index contributed by atoms with van der Waals surface area (Å²) in [5.74, 6) is 0.0392. The van der Waals surface area contributed by atoms with Crippen LogP contribution in [0, 0.1) is 0 Å². The summed E-state index contributed by atoms with van der Waals surface area (Å²) in [6.45, 7) is 0.119. The highest BCUT2D eigenvalue weighted by Crippen LogP contribution is 2.36. The van der Waals surface area contributed by atoms with Gasteiger partial charge in [-0.05, 0) is 24.1 Å². The molecule has 0 saturated carbocycles. The lowest BCUT2D eigenvalue weighted by Gasteiger charge is -2.14. The molecule has 0 aliphatic carbocycles. The average molecular weight is 322 g/mol. The fourth-order valence-electron chi connectivity index (χ4n) is 2.04. The van der Waals surface area contributed by atoms with Crippen LogP contribution in [0.4, 0.5) is 11.4 Å². The zero-order chi connectivity index (χ0) is 16.2. The molecule has 0 aliphatic rings. The highest BCUT2D eigenvalue weighted by molar-refractivity contribution is 7.85. The monoisotopic (exact) mass is 322 g/mol. The topological polar surface area (TPSA) is 116 Å². The van der Waals surface area contributed by atoms with Crippen LogP contribution in [-0.4, -0.2) is 25.3 Å². The van der Waals surface area contributed by atoms with Crippen LogP contribution in [0.25, 0.3) is 11.1 Å². The summed E-state index contributed by atoms with van der Waals surface area (Å²) in [5, 5.41) is 0. The molecule has 0 aliphatic heterocycles. The molecule has 0 saturated heterocycles. The molecule has 0 aromatic heterocycles. The van der Waals surface area contributed by atoms with Gasteiger partial charge in [0.1, 0.15) is 5.75 Å². The number of nitrogens with two attached hydrogens (primary N) is 2. The molecule has 5 N–H and O–H groups in total. The van der Waals surface area contributed by atoms with Crippen LogP contribution in [0.2, 0.25) is 0 Å². The van der Waals surface area contributed by atoms with E-state index in [1.807, 2.05) is 30.3 Å². The Bertz CT molecular complexity index is 746. The fraction of sp³-hybridized carbons (Fsp3) is 0.200.